The molecule has 0 amide bonds. The molecule has 1 atom stereocenters. The first-order valence-corrected chi connectivity index (χ1v) is 6.90. The molecule has 3 nitrogen and oxygen atoms in total. The Kier molecular flexibility index (Phi) is 3.27. The zero-order valence-corrected chi connectivity index (χ0v) is 10.7. The Morgan fingerprint density at radius 3 is 2.83 bits per heavy atom. The Morgan fingerprint density at radius 2 is 2.11 bits per heavy atom. The molecule has 98 valence electrons. The van der Waals surface area contributed by atoms with E-state index in [0.717, 1.165) is 31.6 Å². The normalized spacial score (nSPS) is 26.4. The van der Waals surface area contributed by atoms with E-state index < -0.39 is 0 Å². The van der Waals surface area contributed by atoms with Crippen LogP contribution in [-0.4, -0.2) is 19.3 Å². The van der Waals surface area contributed by atoms with E-state index in [1.807, 2.05) is 12.1 Å². The van der Waals surface area contributed by atoms with Crippen LogP contribution in [0.4, 0.5) is 0 Å². The minimum Gasteiger partial charge on any atom is -0.488 e. The van der Waals surface area contributed by atoms with Gasteiger partial charge in [0.25, 0.3) is 0 Å². The second-order valence-electron chi connectivity index (χ2n) is 5.49. The summed E-state index contributed by atoms with van der Waals surface area (Å²) in [6.07, 6.45) is 5.83. The molecule has 0 radical (unpaired) electrons. The molecule has 1 aromatic rings. The Morgan fingerprint density at radius 1 is 1.28 bits per heavy atom. The van der Waals surface area contributed by atoms with Gasteiger partial charge < -0.3 is 15.2 Å². The summed E-state index contributed by atoms with van der Waals surface area (Å²) in [5.74, 6) is 0.930. The van der Waals surface area contributed by atoms with Crippen LogP contribution in [0.3, 0.4) is 0 Å². The highest BCUT2D eigenvalue weighted by Crippen LogP contribution is 2.37. The van der Waals surface area contributed by atoms with Gasteiger partial charge in [-0.25, -0.2) is 0 Å². The summed E-state index contributed by atoms with van der Waals surface area (Å²) in [4.78, 5) is 0. The predicted octanol–water partition coefficient (Wildman–Crippen LogP) is 2.58. The van der Waals surface area contributed by atoms with Gasteiger partial charge >= 0.3 is 0 Å². The van der Waals surface area contributed by atoms with Crippen LogP contribution in [0.2, 0.25) is 0 Å². The minimum absolute atomic E-state index is 0.133. The first kappa shape index (κ1) is 12.0. The van der Waals surface area contributed by atoms with Gasteiger partial charge in [-0.1, -0.05) is 25.0 Å². The van der Waals surface area contributed by atoms with Crippen LogP contribution < -0.4 is 10.5 Å². The minimum atomic E-state index is -0.133. The van der Waals surface area contributed by atoms with Crippen LogP contribution in [-0.2, 0) is 10.3 Å². The summed E-state index contributed by atoms with van der Waals surface area (Å²) in [5, 5.41) is 0. The van der Waals surface area contributed by atoms with E-state index in [2.05, 4.69) is 12.1 Å². The van der Waals surface area contributed by atoms with Crippen molar-refractivity contribution in [1.82, 2.24) is 0 Å². The summed E-state index contributed by atoms with van der Waals surface area (Å²) < 4.78 is 11.3. The molecule has 18 heavy (non-hydrogen) atoms. The van der Waals surface area contributed by atoms with Gasteiger partial charge in [-0.15, -0.1) is 0 Å². The van der Waals surface area contributed by atoms with Crippen molar-refractivity contribution >= 4 is 0 Å². The van der Waals surface area contributed by atoms with E-state index in [-0.39, 0.29) is 11.6 Å². The lowest BCUT2D eigenvalue weighted by Gasteiger charge is -2.25. The summed E-state index contributed by atoms with van der Waals surface area (Å²) in [6.45, 7) is 1.52. The lowest BCUT2D eigenvalue weighted by Crippen LogP contribution is -2.33. The van der Waals surface area contributed by atoms with Crippen LogP contribution in [0, 0.1) is 0 Å². The van der Waals surface area contributed by atoms with Gasteiger partial charge in [0.2, 0.25) is 0 Å². The highest BCUT2D eigenvalue weighted by Gasteiger charge is 2.31. The topological polar surface area (TPSA) is 44.5 Å². The maximum atomic E-state index is 6.48. The maximum Gasteiger partial charge on any atom is 0.124 e. The average Bonchev–Trinajstić information content (AvgIpc) is 3.02. The second kappa shape index (κ2) is 4.90. The Hall–Kier alpha value is -1.06. The SMILES string of the molecule is NC1(c2cccc(OC3CCOC3)c2)CCCC1. The molecule has 3 heteroatoms. The highest BCUT2D eigenvalue weighted by atomic mass is 16.5. The van der Waals surface area contributed by atoms with Crippen molar-refractivity contribution in [3.05, 3.63) is 29.8 Å². The summed E-state index contributed by atoms with van der Waals surface area (Å²) in [7, 11) is 0. The zero-order valence-electron chi connectivity index (χ0n) is 10.7. The number of ether oxygens (including phenoxy) is 2. The molecule has 0 spiro atoms. The van der Waals surface area contributed by atoms with Gasteiger partial charge in [-0.3, -0.25) is 0 Å². The molecule has 1 unspecified atom stereocenters. The standard InChI is InChI=1S/C15H21NO2/c16-15(7-1-2-8-15)12-4-3-5-13(10-12)18-14-6-9-17-11-14/h3-5,10,14H,1-2,6-9,11,16H2. The van der Waals surface area contributed by atoms with Crippen molar-refractivity contribution in [1.29, 1.82) is 0 Å². The molecule has 0 aromatic heterocycles. The van der Waals surface area contributed by atoms with E-state index in [0.29, 0.717) is 6.61 Å². The zero-order chi connectivity index (χ0) is 12.4. The number of rotatable bonds is 3. The second-order valence-corrected chi connectivity index (χ2v) is 5.49. The Bertz CT molecular complexity index is 407. The average molecular weight is 247 g/mol. The van der Waals surface area contributed by atoms with Crippen molar-refractivity contribution in [3.8, 4) is 5.75 Å². The van der Waals surface area contributed by atoms with E-state index in [9.17, 15) is 0 Å². The van der Waals surface area contributed by atoms with Gasteiger partial charge in [0.15, 0.2) is 0 Å². The van der Waals surface area contributed by atoms with E-state index in [1.165, 1.54) is 18.4 Å². The molecule has 1 saturated carbocycles. The van der Waals surface area contributed by atoms with Crippen LogP contribution in [0.5, 0.6) is 5.75 Å². The van der Waals surface area contributed by atoms with Crippen LogP contribution in [0.1, 0.15) is 37.7 Å². The monoisotopic (exact) mass is 247 g/mol. The first-order valence-electron chi connectivity index (χ1n) is 6.90. The van der Waals surface area contributed by atoms with Gasteiger partial charge in [0.1, 0.15) is 11.9 Å². The first-order chi connectivity index (χ1) is 8.76. The van der Waals surface area contributed by atoms with Crippen LogP contribution >= 0.6 is 0 Å². The largest absolute Gasteiger partial charge is 0.488 e. The van der Waals surface area contributed by atoms with E-state index >= 15 is 0 Å². The highest BCUT2D eigenvalue weighted by molar-refractivity contribution is 5.34. The summed E-state index contributed by atoms with van der Waals surface area (Å²) in [5.41, 5.74) is 7.56. The molecule has 1 aliphatic heterocycles. The summed E-state index contributed by atoms with van der Waals surface area (Å²) in [6, 6.07) is 8.31. The molecule has 1 heterocycles. The lowest BCUT2D eigenvalue weighted by atomic mass is 9.89. The molecule has 1 aliphatic carbocycles. The fourth-order valence-electron chi connectivity index (χ4n) is 2.97. The van der Waals surface area contributed by atoms with Gasteiger partial charge in [-0.05, 0) is 30.5 Å². The molecular weight excluding hydrogens is 226 g/mol. The van der Waals surface area contributed by atoms with Crippen molar-refractivity contribution in [2.45, 2.75) is 43.7 Å². The van der Waals surface area contributed by atoms with Crippen molar-refractivity contribution < 1.29 is 9.47 Å². The number of benzene rings is 1. The maximum absolute atomic E-state index is 6.48. The summed E-state index contributed by atoms with van der Waals surface area (Å²) >= 11 is 0. The molecule has 3 rings (SSSR count). The van der Waals surface area contributed by atoms with Gasteiger partial charge in [0, 0.05) is 12.0 Å². The third-order valence-corrected chi connectivity index (χ3v) is 4.10. The van der Waals surface area contributed by atoms with Gasteiger partial charge in [0.05, 0.1) is 13.2 Å². The predicted molar refractivity (Wildman–Crippen MR) is 70.6 cm³/mol. The van der Waals surface area contributed by atoms with Crippen LogP contribution in [0.15, 0.2) is 24.3 Å². The van der Waals surface area contributed by atoms with Crippen molar-refractivity contribution in [2.75, 3.05) is 13.2 Å². The third kappa shape index (κ3) is 2.38. The molecule has 2 fully saturated rings. The molecule has 1 saturated heterocycles. The third-order valence-electron chi connectivity index (χ3n) is 4.10. The number of hydrogen-bond donors (Lipinski definition) is 1. The van der Waals surface area contributed by atoms with Gasteiger partial charge in [-0.2, -0.15) is 0 Å². The van der Waals surface area contributed by atoms with Crippen LogP contribution in [0.25, 0.3) is 0 Å². The number of nitrogens with two attached hydrogens (primary N) is 1. The quantitative estimate of drug-likeness (QED) is 0.893. The van der Waals surface area contributed by atoms with Crippen molar-refractivity contribution in [3.63, 3.8) is 0 Å². The lowest BCUT2D eigenvalue weighted by molar-refractivity contribution is 0.141. The van der Waals surface area contributed by atoms with E-state index in [1.54, 1.807) is 0 Å². The smallest absolute Gasteiger partial charge is 0.124 e. The van der Waals surface area contributed by atoms with E-state index in [4.69, 9.17) is 15.2 Å². The molecule has 2 N–H and O–H groups in total. The Balaban J connectivity index is 1.76. The fourth-order valence-corrected chi connectivity index (χ4v) is 2.97. The number of hydrogen-bond acceptors (Lipinski definition) is 3. The Labute approximate surface area is 108 Å². The molecule has 2 aliphatic rings. The molecular formula is C15H21NO2. The fraction of sp³-hybridized carbons (Fsp3) is 0.600. The molecule has 0 bridgehead atoms. The van der Waals surface area contributed by atoms with Crippen molar-refractivity contribution in [2.24, 2.45) is 5.73 Å². The molecule has 1 aromatic carbocycles.